The molecule has 6 rings (SSSR count). The number of Topliss-reactive ketones (excluding diaryl/α,β-unsaturated/α-hetero) is 1. The quantitative estimate of drug-likeness (QED) is 0.255. The van der Waals surface area contributed by atoms with Crippen LogP contribution in [0.15, 0.2) is 47.3 Å². The van der Waals surface area contributed by atoms with Gasteiger partial charge in [0.15, 0.2) is 5.78 Å². The number of fused-ring (bicyclic) bond motifs is 3. The monoisotopic (exact) mass is 601 g/mol. The average molecular weight is 602 g/mol. The van der Waals surface area contributed by atoms with E-state index in [-0.39, 0.29) is 36.1 Å². The summed E-state index contributed by atoms with van der Waals surface area (Å²) in [5, 5.41) is 8.15. The number of hydrogen-bond donors (Lipinski definition) is 1. The first-order valence-electron chi connectivity index (χ1n) is 13.3. The van der Waals surface area contributed by atoms with Crippen LogP contribution in [0.1, 0.15) is 48.1 Å². The molecule has 10 nitrogen and oxygen atoms in total. The summed E-state index contributed by atoms with van der Waals surface area (Å²) in [7, 11) is 0. The number of nitrogens with zero attached hydrogens (tertiary/aromatic N) is 6. The lowest BCUT2D eigenvalue weighted by Gasteiger charge is -2.34. The number of nitrogens with one attached hydrogen (secondary N) is 1. The van der Waals surface area contributed by atoms with Gasteiger partial charge in [-0.25, -0.2) is 15.0 Å². The minimum absolute atomic E-state index is 0.00654. The molecule has 2 fully saturated rings. The van der Waals surface area contributed by atoms with Crippen LogP contribution in [-0.4, -0.2) is 59.3 Å². The summed E-state index contributed by atoms with van der Waals surface area (Å²) < 4.78 is 2.20. The predicted octanol–water partition coefficient (Wildman–Crippen LogP) is 4.49. The minimum Gasteiger partial charge on any atom is -0.326 e. The van der Waals surface area contributed by atoms with Gasteiger partial charge in [-0.3, -0.25) is 19.1 Å². The van der Waals surface area contributed by atoms with Crippen LogP contribution >= 0.6 is 15.9 Å². The van der Waals surface area contributed by atoms with Crippen molar-refractivity contribution in [1.29, 1.82) is 0 Å². The Balaban J connectivity index is 1.29. The molecular weight excluding hydrogens is 574 g/mol. The van der Waals surface area contributed by atoms with Gasteiger partial charge in [0, 0.05) is 36.3 Å². The molecule has 204 valence electrons. The van der Waals surface area contributed by atoms with E-state index in [1.54, 1.807) is 22.0 Å². The Bertz CT molecular complexity index is 1670. The number of halogens is 1. The lowest BCUT2D eigenvalue weighted by atomic mass is 9.97. The molecule has 1 saturated heterocycles. The minimum atomic E-state index is -0.575. The molecule has 1 aliphatic heterocycles. The summed E-state index contributed by atoms with van der Waals surface area (Å²) >= 11 is 3.36. The van der Waals surface area contributed by atoms with Crippen molar-refractivity contribution >= 4 is 50.2 Å². The lowest BCUT2D eigenvalue weighted by molar-refractivity contribution is -0.141. The number of aryl methyl sites for hydroxylation is 2. The number of carbonyl (C=O) groups excluding carboxylic acids is 3. The molecule has 11 heteroatoms. The second-order valence-corrected chi connectivity index (χ2v) is 11.4. The predicted molar refractivity (Wildman–Crippen MR) is 153 cm³/mol. The van der Waals surface area contributed by atoms with Crippen LogP contribution in [-0.2, 0) is 16.1 Å². The summed E-state index contributed by atoms with van der Waals surface area (Å²) in [4.78, 5) is 54.5. The number of hydrogen-bond acceptors (Lipinski definition) is 7. The Labute approximate surface area is 239 Å². The van der Waals surface area contributed by atoms with E-state index in [2.05, 4.69) is 41.3 Å². The van der Waals surface area contributed by atoms with Crippen LogP contribution in [0.5, 0.6) is 0 Å². The maximum Gasteiger partial charge on any atom is 0.248 e. The molecule has 1 aromatic carbocycles. The Morgan fingerprint density at radius 1 is 1.05 bits per heavy atom. The van der Waals surface area contributed by atoms with Crippen molar-refractivity contribution in [2.75, 3.05) is 5.32 Å². The number of anilines is 1. The smallest absolute Gasteiger partial charge is 0.248 e. The summed E-state index contributed by atoms with van der Waals surface area (Å²) in [5.74, 6) is 0.640. The number of aromatic nitrogens is 5. The van der Waals surface area contributed by atoms with Gasteiger partial charge in [-0.15, -0.1) is 0 Å². The number of rotatable bonds is 6. The number of pyridine rings is 1. The highest BCUT2D eigenvalue weighted by molar-refractivity contribution is 9.10. The van der Waals surface area contributed by atoms with E-state index in [4.69, 9.17) is 0 Å². The van der Waals surface area contributed by atoms with E-state index in [0.29, 0.717) is 32.8 Å². The van der Waals surface area contributed by atoms with E-state index in [1.165, 1.54) is 6.92 Å². The zero-order valence-electron chi connectivity index (χ0n) is 22.4. The Morgan fingerprint density at radius 3 is 2.58 bits per heavy atom. The third-order valence-corrected chi connectivity index (χ3v) is 8.37. The van der Waals surface area contributed by atoms with E-state index < -0.39 is 6.04 Å². The molecule has 1 N–H and O–H groups in total. The molecule has 2 bridgehead atoms. The molecule has 4 aromatic rings. The average Bonchev–Trinajstić information content (AvgIpc) is 3.64. The summed E-state index contributed by atoms with van der Waals surface area (Å²) in [5.41, 5.74) is 3.49. The number of amides is 2. The molecule has 3 atom stereocenters. The number of ketones is 1. The molecule has 1 saturated carbocycles. The number of carbonyl (C=O) groups is 3. The molecule has 3 aromatic heterocycles. The highest BCUT2D eigenvalue weighted by Gasteiger charge is 2.51. The zero-order valence-corrected chi connectivity index (χ0v) is 24.0. The molecule has 1 aliphatic carbocycles. The largest absolute Gasteiger partial charge is 0.326 e. The molecule has 0 radical (unpaired) electrons. The third-order valence-electron chi connectivity index (χ3n) is 7.93. The molecule has 40 heavy (non-hydrogen) atoms. The summed E-state index contributed by atoms with van der Waals surface area (Å²) in [6.45, 7) is 5.09. The van der Waals surface area contributed by atoms with Gasteiger partial charge in [-0.2, -0.15) is 5.10 Å². The topological polar surface area (TPSA) is 123 Å². The number of likely N-dealkylation sites (tertiary alicyclic amines) is 1. The fourth-order valence-corrected chi connectivity index (χ4v) is 6.31. The van der Waals surface area contributed by atoms with Crippen LogP contribution in [0.3, 0.4) is 0 Å². The van der Waals surface area contributed by atoms with Gasteiger partial charge in [0.2, 0.25) is 11.8 Å². The van der Waals surface area contributed by atoms with Gasteiger partial charge in [0.25, 0.3) is 0 Å². The number of benzene rings is 1. The Morgan fingerprint density at radius 2 is 1.82 bits per heavy atom. The molecule has 2 aliphatic rings. The normalized spacial score (nSPS) is 19.8. The van der Waals surface area contributed by atoms with Crippen LogP contribution in [0.2, 0.25) is 0 Å². The van der Waals surface area contributed by atoms with E-state index in [9.17, 15) is 14.4 Å². The van der Waals surface area contributed by atoms with E-state index >= 15 is 0 Å². The Hall–Kier alpha value is -3.99. The first-order chi connectivity index (χ1) is 19.2. The zero-order chi connectivity index (χ0) is 28.1. The highest BCUT2D eigenvalue weighted by Crippen LogP contribution is 2.43. The van der Waals surface area contributed by atoms with Crippen molar-refractivity contribution in [2.24, 2.45) is 5.92 Å². The highest BCUT2D eigenvalue weighted by atomic mass is 79.9. The SMILES string of the molecule is CC(=O)c1nn(CC(=O)N2[C@H]3CC[C@H](C3)[C@H]2C(=O)Nc2nc(Br)ccc2C)c2ccc(-c3cnc(C)nc3)cc12. The van der Waals surface area contributed by atoms with Gasteiger partial charge in [-0.05, 0) is 84.3 Å². The summed E-state index contributed by atoms with van der Waals surface area (Å²) in [6.07, 6.45) is 6.06. The van der Waals surface area contributed by atoms with Crippen molar-refractivity contribution in [3.63, 3.8) is 0 Å². The van der Waals surface area contributed by atoms with E-state index in [1.807, 2.05) is 44.2 Å². The van der Waals surface area contributed by atoms with Gasteiger partial charge in [-0.1, -0.05) is 12.1 Å². The van der Waals surface area contributed by atoms with E-state index in [0.717, 1.165) is 36.0 Å². The maximum atomic E-state index is 13.8. The molecule has 2 amide bonds. The molecule has 0 spiro atoms. The van der Waals surface area contributed by atoms with Crippen LogP contribution in [0, 0.1) is 19.8 Å². The van der Waals surface area contributed by atoms with Crippen molar-refractivity contribution < 1.29 is 14.4 Å². The van der Waals surface area contributed by atoms with Gasteiger partial charge in [0.05, 0.1) is 5.52 Å². The van der Waals surface area contributed by atoms with Crippen molar-refractivity contribution in [1.82, 2.24) is 29.6 Å². The van der Waals surface area contributed by atoms with Gasteiger partial charge in [0.1, 0.15) is 34.5 Å². The van der Waals surface area contributed by atoms with Crippen molar-refractivity contribution in [3.05, 3.63) is 64.4 Å². The first-order valence-corrected chi connectivity index (χ1v) is 14.0. The molecule has 4 heterocycles. The lowest BCUT2D eigenvalue weighted by Crippen LogP contribution is -2.52. The molecular formula is C29H28BrN7O3. The second kappa shape index (κ2) is 10.2. The standard InChI is InChI=1S/C29H28BrN7O3/c1-15-4-9-24(30)33-28(15)34-29(40)27-19-5-7-21(10-19)37(27)25(39)14-36-23-8-6-18(20-12-31-17(3)32-13-20)11-22(23)26(35-36)16(2)38/h4,6,8-9,11-13,19,21,27H,5,7,10,14H2,1-3H3,(H,33,34,40)/t19-,21+,27+/m1/s1. The van der Waals surface area contributed by atoms with Gasteiger partial charge >= 0.3 is 0 Å². The first kappa shape index (κ1) is 26.2. The third kappa shape index (κ3) is 4.68. The van der Waals surface area contributed by atoms with Crippen molar-refractivity contribution in [3.8, 4) is 11.1 Å². The maximum absolute atomic E-state index is 13.8. The Kier molecular flexibility index (Phi) is 6.69. The van der Waals surface area contributed by atoms with Gasteiger partial charge < -0.3 is 10.2 Å². The number of piperidine rings is 1. The van der Waals surface area contributed by atoms with Crippen LogP contribution in [0.25, 0.3) is 22.0 Å². The molecule has 0 unspecified atom stereocenters. The van der Waals surface area contributed by atoms with Crippen LogP contribution in [0.4, 0.5) is 5.82 Å². The fraction of sp³-hybridized carbons (Fsp3) is 0.345. The second-order valence-electron chi connectivity index (χ2n) is 10.6. The fourth-order valence-electron chi connectivity index (χ4n) is 6.00. The van der Waals surface area contributed by atoms with Crippen molar-refractivity contribution in [2.45, 2.75) is 58.7 Å². The van der Waals surface area contributed by atoms with Crippen LogP contribution < -0.4 is 5.32 Å². The summed E-state index contributed by atoms with van der Waals surface area (Å²) in [6, 6.07) is 8.78.